The molecule has 0 spiro atoms. The molecule has 13 heteroatoms. The molecule has 15 heavy (non-hydrogen) atoms. The average Bonchev–Trinajstić information content (AvgIpc) is 1.82. The topological polar surface area (TPSA) is 182 Å². The van der Waals surface area contributed by atoms with Crippen LogP contribution in [0.1, 0.15) is 0 Å². The molecule has 10 nitrogen and oxygen atoms in total. The summed E-state index contributed by atoms with van der Waals surface area (Å²) in [5.41, 5.74) is 0. The molecule has 0 aromatic carbocycles. The first-order valence-electron chi connectivity index (χ1n) is 2.35. The molecule has 0 aliphatic heterocycles. The maximum Gasteiger partial charge on any atom is 1.00 e. The monoisotopic (exact) mass is 295 g/mol. The first-order chi connectivity index (χ1) is 5.62. The minimum Gasteiger partial charge on any atom is -0.428 e. The van der Waals surface area contributed by atoms with Crippen LogP contribution in [0.5, 0.6) is 0 Å². The molecule has 0 aliphatic rings. The zero-order valence-corrected chi connectivity index (χ0v) is 12.5. The second-order valence-corrected chi connectivity index (χ2v) is 3.20. The van der Waals surface area contributed by atoms with Crippen molar-refractivity contribution < 1.29 is 91.1 Å². The fraction of sp³-hybridized carbons (Fsp3) is 0.500. The maximum atomic E-state index is 9.51. The quantitative estimate of drug-likeness (QED) is 0.130. The molecule has 0 aromatic heterocycles. The van der Waals surface area contributed by atoms with E-state index in [4.69, 9.17) is 14.2 Å². The predicted octanol–water partition coefficient (Wildman–Crippen LogP) is -4.48. The molecule has 0 heterocycles. The number of aliphatic hydroxyl groups excluding tert-OH is 1. The Bertz CT molecular complexity index is 275. The van der Waals surface area contributed by atoms with Crippen LogP contribution in [0.25, 0.3) is 0 Å². The molecule has 0 unspecified atom stereocenters. The maximum absolute atomic E-state index is 9.51. The van der Waals surface area contributed by atoms with E-state index in [9.17, 15) is 16.8 Å². The summed E-state index contributed by atoms with van der Waals surface area (Å²) in [6.07, 6.45) is 0. The number of rotatable bonds is 3. The summed E-state index contributed by atoms with van der Waals surface area (Å²) < 4.78 is 58.9. The Morgan fingerprint density at radius 1 is 1.00 bits per heavy atom. The van der Waals surface area contributed by atoms with E-state index in [1.165, 1.54) is 0 Å². The fourth-order valence-corrected chi connectivity index (χ4v) is 0.632. The van der Waals surface area contributed by atoms with E-state index in [0.717, 1.165) is 0 Å². The van der Waals surface area contributed by atoms with Crippen LogP contribution in [0.15, 0.2) is 0 Å². The van der Waals surface area contributed by atoms with Crippen LogP contribution in [-0.4, -0.2) is 37.7 Å². The molecule has 0 rings (SSSR count). The summed E-state index contributed by atoms with van der Waals surface area (Å²) in [4.78, 5) is 0. The van der Waals surface area contributed by atoms with E-state index in [1.807, 2.05) is 0 Å². The van der Waals surface area contributed by atoms with Gasteiger partial charge in [0, 0.05) is 0 Å². The van der Waals surface area contributed by atoms with E-state index in [1.54, 1.807) is 0 Å². The van der Waals surface area contributed by atoms with E-state index < -0.39 is 20.8 Å². The van der Waals surface area contributed by atoms with Gasteiger partial charge in [-0.1, -0.05) is 15.3 Å². The van der Waals surface area contributed by atoms with Gasteiger partial charge in [-0.3, -0.25) is 9.11 Å². The van der Waals surface area contributed by atoms with E-state index in [0.29, 0.717) is 0 Å². The third-order valence-corrected chi connectivity index (χ3v) is 0.766. The molecular formula is C2H10KNO9S2. The van der Waals surface area contributed by atoms with Gasteiger partial charge in [0.05, 0.1) is 0 Å². The Morgan fingerprint density at radius 2 is 1.13 bits per heavy atom. The van der Waals surface area contributed by atoms with Crippen LogP contribution in [0.3, 0.4) is 0 Å². The Morgan fingerprint density at radius 3 is 1.20 bits per heavy atom. The van der Waals surface area contributed by atoms with Gasteiger partial charge in [-0.25, -0.2) is 0 Å². The molecule has 0 saturated heterocycles. The zero-order valence-electron chi connectivity index (χ0n) is 7.73. The van der Waals surface area contributed by atoms with Crippen molar-refractivity contribution in [1.29, 1.82) is 0 Å². The summed E-state index contributed by atoms with van der Waals surface area (Å²) in [6, 6.07) is 0. The molecule has 0 fully saturated rings. The van der Waals surface area contributed by atoms with Gasteiger partial charge >= 0.3 is 72.2 Å². The smallest absolute Gasteiger partial charge is 0.428 e. The number of hydrogen-bond acceptors (Lipinski definition) is 8. The summed E-state index contributed by atoms with van der Waals surface area (Å²) in [7, 11) is -10.0. The molecule has 0 radical (unpaired) electrons. The first kappa shape index (κ1) is 25.2. The van der Waals surface area contributed by atoms with Gasteiger partial charge < -0.3 is 18.2 Å². The predicted molar refractivity (Wildman–Crippen MR) is 42.7 cm³/mol. The standard InChI is InChI=1S/C2H5O.K.H3N.H2O8S2/c1-2-3;;;1-9(2,3)7-8-10(4,5)6/h3H,1-2H2;;1H3;(H,1,2,3)(H,4,5,6)/q-1;+1;;. The van der Waals surface area contributed by atoms with E-state index in [-0.39, 0.29) is 64.1 Å². The Hall–Kier alpha value is 1.30. The van der Waals surface area contributed by atoms with Crippen molar-refractivity contribution in [2.24, 2.45) is 0 Å². The van der Waals surface area contributed by atoms with Crippen LogP contribution >= 0.6 is 0 Å². The van der Waals surface area contributed by atoms with Crippen LogP contribution in [0, 0.1) is 6.92 Å². The number of hydrogen-bond donors (Lipinski definition) is 4. The normalized spacial score (nSPS) is 10.1. The molecule has 0 bridgehead atoms. The van der Waals surface area contributed by atoms with Crippen molar-refractivity contribution in [2.45, 2.75) is 0 Å². The van der Waals surface area contributed by atoms with Crippen molar-refractivity contribution in [3.05, 3.63) is 6.92 Å². The van der Waals surface area contributed by atoms with E-state index in [2.05, 4.69) is 15.6 Å². The van der Waals surface area contributed by atoms with Gasteiger partial charge in [-0.2, -0.15) is 16.8 Å². The van der Waals surface area contributed by atoms with Gasteiger partial charge in [0.2, 0.25) is 0 Å². The molecule has 0 amide bonds. The van der Waals surface area contributed by atoms with Crippen LogP contribution in [-0.2, 0) is 29.5 Å². The fourth-order valence-electron chi connectivity index (χ4n) is 0.0702. The SMILES string of the molecule is N.O=S(=O)(O)OOS(=O)(=O)O.[CH2-]CO.[K+]. The summed E-state index contributed by atoms with van der Waals surface area (Å²) >= 11 is 0. The third-order valence-electron chi connectivity index (χ3n) is 0.200. The van der Waals surface area contributed by atoms with Crippen molar-refractivity contribution in [3.63, 3.8) is 0 Å². The second-order valence-electron chi connectivity index (χ2n) is 1.22. The molecule has 0 aliphatic carbocycles. The molecule has 0 aromatic rings. The molecule has 6 N–H and O–H groups in total. The van der Waals surface area contributed by atoms with Crippen molar-refractivity contribution in [1.82, 2.24) is 6.15 Å². The minimum atomic E-state index is -5.02. The Balaban J connectivity index is -0.000000108. The Labute approximate surface area is 130 Å². The van der Waals surface area contributed by atoms with Crippen LogP contribution in [0.2, 0.25) is 0 Å². The first-order valence-corrected chi connectivity index (χ1v) is 5.08. The molecule has 0 atom stereocenters. The minimum absolute atomic E-state index is 0. The van der Waals surface area contributed by atoms with Crippen molar-refractivity contribution >= 4 is 20.8 Å². The Kier molecular flexibility index (Phi) is 19.8. The van der Waals surface area contributed by atoms with Gasteiger partial charge in [0.25, 0.3) is 0 Å². The third kappa shape index (κ3) is 39.3. The van der Waals surface area contributed by atoms with Gasteiger partial charge in [0.15, 0.2) is 0 Å². The zero-order chi connectivity index (χ0) is 11.1. The summed E-state index contributed by atoms with van der Waals surface area (Å²) in [5, 5.41) is 7.46. The van der Waals surface area contributed by atoms with Crippen LogP contribution in [0.4, 0.5) is 0 Å². The van der Waals surface area contributed by atoms with E-state index >= 15 is 0 Å². The summed E-state index contributed by atoms with van der Waals surface area (Å²) in [6.45, 7) is 3.04. The van der Waals surface area contributed by atoms with Crippen molar-refractivity contribution in [3.8, 4) is 0 Å². The van der Waals surface area contributed by atoms with Gasteiger partial charge in [-0.15, -0.1) is 0 Å². The average molecular weight is 295 g/mol. The second kappa shape index (κ2) is 11.8. The molecule has 0 saturated carbocycles. The number of aliphatic hydroxyl groups is 1. The van der Waals surface area contributed by atoms with Gasteiger partial charge in [-0.05, 0) is 0 Å². The largest absolute Gasteiger partial charge is 1.00 e. The summed E-state index contributed by atoms with van der Waals surface area (Å²) in [5.74, 6) is 0. The van der Waals surface area contributed by atoms with Crippen LogP contribution < -0.4 is 57.5 Å². The molecule has 90 valence electrons. The van der Waals surface area contributed by atoms with Crippen molar-refractivity contribution in [2.75, 3.05) is 6.61 Å². The molecular weight excluding hydrogens is 285 g/mol. The van der Waals surface area contributed by atoms with Gasteiger partial charge in [0.1, 0.15) is 0 Å².